The summed E-state index contributed by atoms with van der Waals surface area (Å²) in [5.41, 5.74) is 3.66. The van der Waals surface area contributed by atoms with Crippen LogP contribution in [0.3, 0.4) is 0 Å². The van der Waals surface area contributed by atoms with Crippen LogP contribution in [-0.4, -0.2) is 48.2 Å². The molecule has 7 nitrogen and oxygen atoms in total. The highest BCUT2D eigenvalue weighted by Crippen LogP contribution is 2.20. The highest BCUT2D eigenvalue weighted by atomic mass is 16.5. The minimum Gasteiger partial charge on any atom is -0.507 e. The van der Waals surface area contributed by atoms with Crippen LogP contribution in [0.15, 0.2) is 53.6 Å². The Morgan fingerprint density at radius 2 is 1.82 bits per heavy atom. The molecule has 3 rings (SSSR count). The number of benzene rings is 2. The van der Waals surface area contributed by atoms with Crippen molar-refractivity contribution in [2.45, 2.75) is 12.8 Å². The molecule has 2 aromatic rings. The Bertz CT molecular complexity index is 856. The topological polar surface area (TPSA) is 91.2 Å². The van der Waals surface area contributed by atoms with Gasteiger partial charge in [-0.15, -0.1) is 0 Å². The molecule has 0 radical (unpaired) electrons. The van der Waals surface area contributed by atoms with Crippen LogP contribution in [0.5, 0.6) is 11.5 Å². The zero-order valence-electron chi connectivity index (χ0n) is 15.7. The molecule has 146 valence electrons. The van der Waals surface area contributed by atoms with Crippen molar-refractivity contribution in [2.75, 3.05) is 20.2 Å². The number of phenols is 1. The van der Waals surface area contributed by atoms with E-state index in [0.717, 1.165) is 0 Å². The Kier molecular flexibility index (Phi) is 6.26. The van der Waals surface area contributed by atoms with E-state index in [1.165, 1.54) is 6.21 Å². The molecule has 0 aliphatic carbocycles. The SMILES string of the molecule is COc1ccc(C(=O)N2CCC(C(=O)N/N=C\c3ccccc3O)CC2)cc1. The molecule has 1 aliphatic heterocycles. The normalized spacial score (nSPS) is 14.8. The number of phenolic OH excluding ortho intramolecular Hbond substituents is 1. The summed E-state index contributed by atoms with van der Waals surface area (Å²) >= 11 is 0. The first-order valence-electron chi connectivity index (χ1n) is 9.12. The number of para-hydroxylation sites is 1. The number of nitrogens with zero attached hydrogens (tertiary/aromatic N) is 2. The summed E-state index contributed by atoms with van der Waals surface area (Å²) < 4.78 is 5.11. The maximum Gasteiger partial charge on any atom is 0.253 e. The molecule has 0 aromatic heterocycles. The van der Waals surface area contributed by atoms with Crippen LogP contribution in [0.2, 0.25) is 0 Å². The lowest BCUT2D eigenvalue weighted by molar-refractivity contribution is -0.126. The fourth-order valence-corrected chi connectivity index (χ4v) is 3.11. The largest absolute Gasteiger partial charge is 0.507 e. The molecule has 28 heavy (non-hydrogen) atoms. The van der Waals surface area contributed by atoms with Gasteiger partial charge >= 0.3 is 0 Å². The highest BCUT2D eigenvalue weighted by Gasteiger charge is 2.27. The monoisotopic (exact) mass is 381 g/mol. The van der Waals surface area contributed by atoms with Crippen LogP contribution in [0.4, 0.5) is 0 Å². The van der Waals surface area contributed by atoms with E-state index in [4.69, 9.17) is 4.74 Å². The summed E-state index contributed by atoms with van der Waals surface area (Å²) in [5, 5.41) is 13.6. The lowest BCUT2D eigenvalue weighted by atomic mass is 9.95. The number of amides is 2. The van der Waals surface area contributed by atoms with Gasteiger partial charge in [0.25, 0.3) is 5.91 Å². The van der Waals surface area contributed by atoms with Gasteiger partial charge in [-0.05, 0) is 49.2 Å². The highest BCUT2D eigenvalue weighted by molar-refractivity contribution is 5.94. The molecule has 0 spiro atoms. The van der Waals surface area contributed by atoms with Gasteiger partial charge < -0.3 is 14.7 Å². The Morgan fingerprint density at radius 3 is 2.46 bits per heavy atom. The molecule has 0 unspecified atom stereocenters. The summed E-state index contributed by atoms with van der Waals surface area (Å²) in [6.45, 7) is 1.04. The first kappa shape index (κ1) is 19.4. The third-order valence-corrected chi connectivity index (χ3v) is 4.81. The second kappa shape index (κ2) is 9.03. The van der Waals surface area contributed by atoms with Crippen LogP contribution in [0, 0.1) is 5.92 Å². The third kappa shape index (κ3) is 4.68. The van der Waals surface area contributed by atoms with E-state index in [-0.39, 0.29) is 23.5 Å². The number of hydrogen-bond acceptors (Lipinski definition) is 5. The minimum absolute atomic E-state index is 0.0425. The Hall–Kier alpha value is -3.35. The van der Waals surface area contributed by atoms with Crippen molar-refractivity contribution < 1.29 is 19.4 Å². The number of hydrazone groups is 1. The van der Waals surface area contributed by atoms with E-state index < -0.39 is 0 Å². The van der Waals surface area contributed by atoms with Crippen molar-refractivity contribution in [3.8, 4) is 11.5 Å². The van der Waals surface area contributed by atoms with Crippen molar-refractivity contribution in [3.05, 3.63) is 59.7 Å². The number of carbonyl (C=O) groups excluding carboxylic acids is 2. The molecule has 2 amide bonds. The van der Waals surface area contributed by atoms with Crippen LogP contribution in [0.25, 0.3) is 0 Å². The van der Waals surface area contributed by atoms with Gasteiger partial charge in [0.05, 0.1) is 13.3 Å². The minimum atomic E-state index is -0.193. The molecule has 2 aromatic carbocycles. The second-order valence-electron chi connectivity index (χ2n) is 6.59. The average Bonchev–Trinajstić information content (AvgIpc) is 2.74. The van der Waals surface area contributed by atoms with Crippen molar-refractivity contribution in [3.63, 3.8) is 0 Å². The number of hydrogen-bond donors (Lipinski definition) is 2. The van der Waals surface area contributed by atoms with Crippen molar-refractivity contribution in [2.24, 2.45) is 11.0 Å². The standard InChI is InChI=1S/C21H23N3O4/c1-28-18-8-6-16(7-9-18)21(27)24-12-10-15(11-13-24)20(26)23-22-14-17-4-2-3-5-19(17)25/h2-9,14-15,25H,10-13H2,1H3,(H,23,26)/b22-14-. The average molecular weight is 381 g/mol. The quantitative estimate of drug-likeness (QED) is 0.615. The number of ether oxygens (including phenoxy) is 1. The lowest BCUT2D eigenvalue weighted by Gasteiger charge is -2.31. The summed E-state index contributed by atoms with van der Waals surface area (Å²) in [5.74, 6) is 0.394. The summed E-state index contributed by atoms with van der Waals surface area (Å²) in [6.07, 6.45) is 2.58. The molecule has 1 heterocycles. The maximum absolute atomic E-state index is 12.6. The van der Waals surface area contributed by atoms with Gasteiger partial charge in [0, 0.05) is 30.1 Å². The van der Waals surface area contributed by atoms with Crippen LogP contribution in [0.1, 0.15) is 28.8 Å². The number of nitrogens with one attached hydrogen (secondary N) is 1. The van der Waals surface area contributed by atoms with Crippen molar-refractivity contribution >= 4 is 18.0 Å². The molecule has 1 saturated heterocycles. The first-order valence-corrected chi connectivity index (χ1v) is 9.12. The van der Waals surface area contributed by atoms with Gasteiger partial charge in [0.2, 0.25) is 5.91 Å². The van der Waals surface area contributed by atoms with Crippen LogP contribution < -0.4 is 10.2 Å². The molecule has 7 heteroatoms. The van der Waals surface area contributed by atoms with Crippen LogP contribution in [-0.2, 0) is 4.79 Å². The predicted octanol–water partition coefficient (Wildman–Crippen LogP) is 2.40. The van der Waals surface area contributed by atoms with Gasteiger partial charge in [-0.25, -0.2) is 5.43 Å². The van der Waals surface area contributed by atoms with Gasteiger partial charge in [-0.2, -0.15) is 5.10 Å². The third-order valence-electron chi connectivity index (χ3n) is 4.81. The summed E-state index contributed by atoms with van der Waals surface area (Å²) in [4.78, 5) is 26.6. The fraction of sp³-hybridized carbons (Fsp3) is 0.286. The summed E-state index contributed by atoms with van der Waals surface area (Å²) in [6, 6.07) is 13.8. The number of piperidine rings is 1. The number of likely N-dealkylation sites (tertiary alicyclic amines) is 1. The second-order valence-corrected chi connectivity index (χ2v) is 6.59. The van der Waals surface area contributed by atoms with Gasteiger partial charge in [0.15, 0.2) is 0 Å². The maximum atomic E-state index is 12.6. The van der Waals surface area contributed by atoms with E-state index in [2.05, 4.69) is 10.5 Å². The zero-order chi connectivity index (χ0) is 19.9. The molecule has 2 N–H and O–H groups in total. The number of methoxy groups -OCH3 is 1. The lowest BCUT2D eigenvalue weighted by Crippen LogP contribution is -2.42. The molecule has 0 atom stereocenters. The Morgan fingerprint density at radius 1 is 1.14 bits per heavy atom. The van der Waals surface area contributed by atoms with Gasteiger partial charge in [0.1, 0.15) is 11.5 Å². The zero-order valence-corrected chi connectivity index (χ0v) is 15.7. The molecular formula is C21H23N3O4. The van der Waals surface area contributed by atoms with Crippen molar-refractivity contribution in [1.82, 2.24) is 10.3 Å². The molecule has 0 bridgehead atoms. The molecule has 1 aliphatic rings. The molecular weight excluding hydrogens is 358 g/mol. The van der Waals surface area contributed by atoms with E-state index in [1.54, 1.807) is 60.5 Å². The van der Waals surface area contributed by atoms with E-state index >= 15 is 0 Å². The Balaban J connectivity index is 1.49. The van der Waals surface area contributed by atoms with Gasteiger partial charge in [-0.3, -0.25) is 9.59 Å². The number of carbonyl (C=O) groups is 2. The summed E-state index contributed by atoms with van der Waals surface area (Å²) in [7, 11) is 1.58. The van der Waals surface area contributed by atoms with Crippen molar-refractivity contribution in [1.29, 1.82) is 0 Å². The van der Waals surface area contributed by atoms with Gasteiger partial charge in [-0.1, -0.05) is 12.1 Å². The molecule has 1 fully saturated rings. The predicted molar refractivity (Wildman–Crippen MR) is 105 cm³/mol. The fourth-order valence-electron chi connectivity index (χ4n) is 3.11. The van der Waals surface area contributed by atoms with Crippen LogP contribution >= 0.6 is 0 Å². The van der Waals surface area contributed by atoms with E-state index in [0.29, 0.717) is 42.8 Å². The molecule has 0 saturated carbocycles. The van der Waals surface area contributed by atoms with E-state index in [1.807, 2.05) is 0 Å². The first-order chi connectivity index (χ1) is 13.6. The van der Waals surface area contributed by atoms with E-state index in [9.17, 15) is 14.7 Å². The smallest absolute Gasteiger partial charge is 0.253 e. The number of aromatic hydroxyl groups is 1. The number of rotatable bonds is 5. The Labute approximate surface area is 163 Å².